The van der Waals surface area contributed by atoms with Crippen LogP contribution in [0.25, 0.3) is 10.8 Å². The Bertz CT molecular complexity index is 610. The summed E-state index contributed by atoms with van der Waals surface area (Å²) in [7, 11) is 0. The second-order valence-corrected chi connectivity index (χ2v) is 6.27. The first-order valence-electron chi connectivity index (χ1n) is 6.28. The highest BCUT2D eigenvalue weighted by atomic mass is 32.2. The van der Waals surface area contributed by atoms with E-state index < -0.39 is 5.97 Å². The molecule has 0 saturated heterocycles. The molecule has 0 radical (unpaired) electrons. The van der Waals surface area contributed by atoms with E-state index in [1.165, 1.54) is 0 Å². The number of hydrogen-bond donors (Lipinski definition) is 1. The minimum absolute atomic E-state index is 0.108. The molecule has 1 atom stereocenters. The third-order valence-corrected chi connectivity index (χ3v) is 4.61. The predicted octanol–water partition coefficient (Wildman–Crippen LogP) is 4.07. The van der Waals surface area contributed by atoms with Gasteiger partial charge in [-0.1, -0.05) is 45.0 Å². The van der Waals surface area contributed by atoms with Gasteiger partial charge in [0.2, 0.25) is 0 Å². The van der Waals surface area contributed by atoms with E-state index in [9.17, 15) is 4.79 Å². The summed E-state index contributed by atoms with van der Waals surface area (Å²) in [5, 5.41) is 12.3. The number of nitrogens with zero attached hydrogens (tertiary/aromatic N) is 1. The van der Waals surface area contributed by atoms with Gasteiger partial charge in [0.05, 0.1) is 0 Å². The largest absolute Gasteiger partial charge is 0.477 e. The fourth-order valence-electron chi connectivity index (χ4n) is 1.68. The van der Waals surface area contributed by atoms with Gasteiger partial charge in [-0.05, 0) is 17.4 Å². The third-order valence-electron chi connectivity index (χ3n) is 3.16. The van der Waals surface area contributed by atoms with Crippen molar-refractivity contribution in [2.45, 2.75) is 31.0 Å². The highest BCUT2D eigenvalue weighted by molar-refractivity contribution is 8.00. The van der Waals surface area contributed by atoms with E-state index in [4.69, 9.17) is 5.11 Å². The van der Waals surface area contributed by atoms with Gasteiger partial charge in [-0.3, -0.25) is 0 Å². The fraction of sp³-hybridized carbons (Fsp3) is 0.333. The molecule has 0 aliphatic carbocycles. The van der Waals surface area contributed by atoms with Gasteiger partial charge in [0, 0.05) is 10.6 Å². The molecule has 1 heterocycles. The Labute approximate surface area is 117 Å². The summed E-state index contributed by atoms with van der Waals surface area (Å²) in [6, 6.07) is 9.40. The van der Waals surface area contributed by atoms with E-state index in [1.54, 1.807) is 17.8 Å². The Morgan fingerprint density at radius 2 is 1.95 bits per heavy atom. The molecular formula is C15H17NO2S. The van der Waals surface area contributed by atoms with Gasteiger partial charge in [0.1, 0.15) is 10.7 Å². The molecule has 0 aliphatic rings. The summed E-state index contributed by atoms with van der Waals surface area (Å²) in [4.78, 5) is 15.4. The van der Waals surface area contributed by atoms with Gasteiger partial charge in [-0.2, -0.15) is 0 Å². The van der Waals surface area contributed by atoms with Crippen molar-refractivity contribution < 1.29 is 9.90 Å². The lowest BCUT2D eigenvalue weighted by Gasteiger charge is -2.16. The molecule has 0 fully saturated rings. The van der Waals surface area contributed by atoms with Crippen LogP contribution in [-0.4, -0.2) is 21.3 Å². The number of carbonyl (C=O) groups is 1. The summed E-state index contributed by atoms with van der Waals surface area (Å²) in [5.41, 5.74) is 0.108. The number of carboxylic acid groups (broad SMARTS) is 1. The molecule has 19 heavy (non-hydrogen) atoms. The predicted molar refractivity (Wildman–Crippen MR) is 78.9 cm³/mol. The van der Waals surface area contributed by atoms with Crippen LogP contribution in [0, 0.1) is 5.92 Å². The van der Waals surface area contributed by atoms with Crippen LogP contribution in [0.2, 0.25) is 0 Å². The Kier molecular flexibility index (Phi) is 4.10. The lowest BCUT2D eigenvalue weighted by Crippen LogP contribution is -2.07. The lowest BCUT2D eigenvalue weighted by molar-refractivity contribution is 0.0690. The Balaban J connectivity index is 2.53. The van der Waals surface area contributed by atoms with Crippen LogP contribution in [-0.2, 0) is 0 Å². The number of carboxylic acids is 1. The van der Waals surface area contributed by atoms with Crippen LogP contribution < -0.4 is 0 Å². The maximum Gasteiger partial charge on any atom is 0.354 e. The molecule has 100 valence electrons. The number of aromatic carboxylic acids is 1. The topological polar surface area (TPSA) is 50.2 Å². The second kappa shape index (κ2) is 5.61. The lowest BCUT2D eigenvalue weighted by atomic mass is 10.1. The molecule has 0 spiro atoms. The normalized spacial score (nSPS) is 12.8. The average Bonchev–Trinajstić information content (AvgIpc) is 2.38. The van der Waals surface area contributed by atoms with Gasteiger partial charge in [-0.25, -0.2) is 9.78 Å². The van der Waals surface area contributed by atoms with Gasteiger partial charge in [0.15, 0.2) is 0 Å². The number of hydrogen-bond acceptors (Lipinski definition) is 3. The fourth-order valence-corrected chi connectivity index (χ4v) is 2.77. The average molecular weight is 275 g/mol. The van der Waals surface area contributed by atoms with Crippen LogP contribution in [0.3, 0.4) is 0 Å². The van der Waals surface area contributed by atoms with Crippen molar-refractivity contribution >= 4 is 28.5 Å². The maximum absolute atomic E-state index is 11.1. The van der Waals surface area contributed by atoms with Gasteiger partial charge in [-0.15, -0.1) is 11.8 Å². The summed E-state index contributed by atoms with van der Waals surface area (Å²) in [6.07, 6.45) is 0. The van der Waals surface area contributed by atoms with Gasteiger partial charge >= 0.3 is 5.97 Å². The molecule has 0 amide bonds. The zero-order valence-electron chi connectivity index (χ0n) is 11.3. The first kappa shape index (κ1) is 13.9. The van der Waals surface area contributed by atoms with Gasteiger partial charge in [0.25, 0.3) is 0 Å². The first-order chi connectivity index (χ1) is 8.99. The summed E-state index contributed by atoms with van der Waals surface area (Å²) >= 11 is 1.64. The number of pyridine rings is 1. The van der Waals surface area contributed by atoms with Crippen molar-refractivity contribution in [3.63, 3.8) is 0 Å². The van der Waals surface area contributed by atoms with Crippen molar-refractivity contribution in [3.8, 4) is 0 Å². The van der Waals surface area contributed by atoms with Crippen LogP contribution >= 0.6 is 11.8 Å². The quantitative estimate of drug-likeness (QED) is 0.854. The summed E-state index contributed by atoms with van der Waals surface area (Å²) in [5.74, 6) is -0.469. The Morgan fingerprint density at radius 1 is 1.26 bits per heavy atom. The molecule has 4 heteroatoms. The van der Waals surface area contributed by atoms with Crippen molar-refractivity contribution in [2.24, 2.45) is 5.92 Å². The molecule has 2 rings (SSSR count). The number of fused-ring (bicyclic) bond motifs is 1. The van der Waals surface area contributed by atoms with Crippen molar-refractivity contribution in [1.29, 1.82) is 0 Å². The van der Waals surface area contributed by atoms with E-state index in [0.29, 0.717) is 11.2 Å². The molecule has 0 bridgehead atoms. The van der Waals surface area contributed by atoms with Crippen molar-refractivity contribution in [2.75, 3.05) is 0 Å². The molecule has 0 saturated carbocycles. The molecule has 1 aromatic carbocycles. The van der Waals surface area contributed by atoms with Crippen LogP contribution in [0.5, 0.6) is 0 Å². The van der Waals surface area contributed by atoms with E-state index in [-0.39, 0.29) is 5.69 Å². The van der Waals surface area contributed by atoms with E-state index in [2.05, 4.69) is 25.8 Å². The SMILES string of the molecule is CC(C)C(C)Sc1nc(C(=O)O)cc2ccccc12. The zero-order chi connectivity index (χ0) is 14.0. The van der Waals surface area contributed by atoms with Crippen molar-refractivity contribution in [3.05, 3.63) is 36.0 Å². The molecular weight excluding hydrogens is 258 g/mol. The monoisotopic (exact) mass is 275 g/mol. The van der Waals surface area contributed by atoms with E-state index in [1.807, 2.05) is 24.3 Å². The number of thioether (sulfide) groups is 1. The Morgan fingerprint density at radius 3 is 2.58 bits per heavy atom. The molecule has 1 N–H and O–H groups in total. The highest BCUT2D eigenvalue weighted by Gasteiger charge is 2.15. The van der Waals surface area contributed by atoms with Crippen LogP contribution in [0.1, 0.15) is 31.3 Å². The zero-order valence-corrected chi connectivity index (χ0v) is 12.1. The summed E-state index contributed by atoms with van der Waals surface area (Å²) in [6.45, 7) is 6.45. The smallest absolute Gasteiger partial charge is 0.354 e. The third kappa shape index (κ3) is 3.07. The summed E-state index contributed by atoms with van der Waals surface area (Å²) < 4.78 is 0. The van der Waals surface area contributed by atoms with E-state index >= 15 is 0 Å². The molecule has 3 nitrogen and oxygen atoms in total. The van der Waals surface area contributed by atoms with Crippen molar-refractivity contribution in [1.82, 2.24) is 4.98 Å². The standard InChI is InChI=1S/C15H17NO2S/c1-9(2)10(3)19-14-12-7-5-4-6-11(12)8-13(16-14)15(17)18/h4-10H,1-3H3,(H,17,18). The molecule has 1 unspecified atom stereocenters. The first-order valence-corrected chi connectivity index (χ1v) is 7.16. The number of rotatable bonds is 4. The number of aromatic nitrogens is 1. The second-order valence-electron chi connectivity index (χ2n) is 4.91. The Hall–Kier alpha value is -1.55. The maximum atomic E-state index is 11.1. The minimum Gasteiger partial charge on any atom is -0.477 e. The highest BCUT2D eigenvalue weighted by Crippen LogP contribution is 2.32. The van der Waals surface area contributed by atoms with Gasteiger partial charge < -0.3 is 5.11 Å². The van der Waals surface area contributed by atoms with Crippen LogP contribution in [0.15, 0.2) is 35.4 Å². The molecule has 0 aliphatic heterocycles. The van der Waals surface area contributed by atoms with Crippen LogP contribution in [0.4, 0.5) is 0 Å². The van der Waals surface area contributed by atoms with E-state index in [0.717, 1.165) is 15.8 Å². The number of benzene rings is 1. The molecule has 2 aromatic rings. The minimum atomic E-state index is -0.982. The molecule has 1 aromatic heterocycles.